The van der Waals surface area contributed by atoms with Crippen LogP contribution in [0.15, 0.2) is 25.0 Å². The summed E-state index contributed by atoms with van der Waals surface area (Å²) in [5, 5.41) is -0.462. The Morgan fingerprint density at radius 3 is 2.74 bits per heavy atom. The highest BCUT2D eigenvalue weighted by Crippen LogP contribution is 2.42. The summed E-state index contributed by atoms with van der Waals surface area (Å²) in [6.45, 7) is 14.7. The number of carbonyl (C=O) groups is 1. The van der Waals surface area contributed by atoms with Gasteiger partial charge in [0.05, 0.1) is 29.1 Å². The second-order valence-corrected chi connectivity index (χ2v) is 11.6. The van der Waals surface area contributed by atoms with E-state index in [0.29, 0.717) is 50.7 Å². The topological polar surface area (TPSA) is 82.3 Å². The van der Waals surface area contributed by atoms with Crippen LogP contribution in [0.3, 0.4) is 0 Å². The van der Waals surface area contributed by atoms with Crippen LogP contribution in [0.5, 0.6) is 6.01 Å². The van der Waals surface area contributed by atoms with Gasteiger partial charge in [-0.1, -0.05) is 18.2 Å². The number of hydrogen-bond donors (Lipinski definition) is 0. The lowest BCUT2D eigenvalue weighted by Crippen LogP contribution is -2.56. The fraction of sp³-hybridized carbons (Fsp3) is 0.552. The van der Waals surface area contributed by atoms with E-state index in [1.54, 1.807) is 9.80 Å². The van der Waals surface area contributed by atoms with E-state index in [2.05, 4.69) is 26.3 Å². The Bertz CT molecular complexity index is 1400. The van der Waals surface area contributed by atoms with Crippen molar-refractivity contribution in [3.05, 3.63) is 58.3 Å². The van der Waals surface area contributed by atoms with E-state index in [4.69, 9.17) is 27.9 Å². The molecule has 5 rings (SSSR count). The first-order valence-corrected chi connectivity index (χ1v) is 14.6. The molecule has 1 saturated carbocycles. The summed E-state index contributed by atoms with van der Waals surface area (Å²) < 4.78 is 48.0. The molecule has 0 unspecified atom stereocenters. The summed E-state index contributed by atoms with van der Waals surface area (Å²) in [7, 11) is 2.04. The number of carbonyl (C=O) groups excluding carboxylic acids is 1. The van der Waals surface area contributed by atoms with Crippen LogP contribution in [-0.2, 0) is 23.9 Å². The van der Waals surface area contributed by atoms with Crippen molar-refractivity contribution in [2.24, 2.45) is 5.92 Å². The summed E-state index contributed by atoms with van der Waals surface area (Å²) in [5.74, 6) is 1.12. The molecule has 2 aromatic heterocycles. The number of pyridine rings is 1. The number of amides is 1. The van der Waals surface area contributed by atoms with Crippen molar-refractivity contribution in [2.75, 3.05) is 69.3 Å². The molecule has 0 radical (unpaired) electrons. The first-order chi connectivity index (χ1) is 20.6. The maximum absolute atomic E-state index is 14.0. The van der Waals surface area contributed by atoms with Gasteiger partial charge in [-0.2, -0.15) is 23.1 Å². The van der Waals surface area contributed by atoms with Gasteiger partial charge in [0.2, 0.25) is 12.5 Å². The third kappa shape index (κ3) is 7.13. The SMILES string of the molecule is [C-]#[N+]C[C@H]1CN(c2nc(OCCN(C)CC3CC3)nc3c2CCN(c2cncc(Cl)c2C(F)(F)F)C3)CCN1C(=O)C=C. The molecule has 2 aromatic rings. The molecule has 1 aliphatic carbocycles. The molecule has 0 aromatic carbocycles. The molecule has 3 aliphatic rings. The Balaban J connectivity index is 1.44. The molecule has 4 heterocycles. The van der Waals surface area contributed by atoms with Crippen molar-refractivity contribution in [1.29, 1.82) is 0 Å². The molecule has 2 aliphatic heterocycles. The molecule has 0 N–H and O–H groups in total. The average molecular weight is 619 g/mol. The Morgan fingerprint density at radius 1 is 1.26 bits per heavy atom. The van der Waals surface area contributed by atoms with Gasteiger partial charge in [-0.3, -0.25) is 9.78 Å². The number of halogens is 4. The first-order valence-electron chi connectivity index (χ1n) is 14.3. The maximum atomic E-state index is 14.0. The highest BCUT2D eigenvalue weighted by Gasteiger charge is 2.39. The van der Waals surface area contributed by atoms with E-state index in [-0.39, 0.29) is 43.3 Å². The van der Waals surface area contributed by atoms with Gasteiger partial charge in [0.1, 0.15) is 24.0 Å². The van der Waals surface area contributed by atoms with Crippen molar-refractivity contribution < 1.29 is 22.7 Å². The number of likely N-dealkylation sites (N-methyl/N-ethyl adjacent to an activating group) is 1. The smallest absolute Gasteiger partial charge is 0.419 e. The van der Waals surface area contributed by atoms with E-state index in [9.17, 15) is 18.0 Å². The zero-order valence-electron chi connectivity index (χ0n) is 24.0. The Kier molecular flexibility index (Phi) is 9.27. The third-order valence-electron chi connectivity index (χ3n) is 8.04. The van der Waals surface area contributed by atoms with Gasteiger partial charge in [0.15, 0.2) is 0 Å². The van der Waals surface area contributed by atoms with Crippen molar-refractivity contribution in [3.63, 3.8) is 0 Å². The molecule has 1 saturated heterocycles. The lowest BCUT2D eigenvalue weighted by Gasteiger charge is -2.41. The summed E-state index contributed by atoms with van der Waals surface area (Å²) in [6, 6.07) is -0.225. The fourth-order valence-corrected chi connectivity index (χ4v) is 5.97. The number of aromatic nitrogens is 3. The van der Waals surface area contributed by atoms with Crippen molar-refractivity contribution in [1.82, 2.24) is 24.8 Å². The van der Waals surface area contributed by atoms with Crippen LogP contribution in [0, 0.1) is 12.5 Å². The minimum Gasteiger partial charge on any atom is -0.462 e. The molecule has 43 heavy (non-hydrogen) atoms. The molecular weight excluding hydrogens is 585 g/mol. The van der Waals surface area contributed by atoms with Crippen molar-refractivity contribution in [3.8, 4) is 6.01 Å². The summed E-state index contributed by atoms with van der Waals surface area (Å²) in [5.41, 5.74) is 0.325. The number of alkyl halides is 3. The van der Waals surface area contributed by atoms with Gasteiger partial charge >= 0.3 is 12.2 Å². The van der Waals surface area contributed by atoms with Crippen LogP contribution < -0.4 is 14.5 Å². The van der Waals surface area contributed by atoms with E-state index in [0.717, 1.165) is 24.2 Å². The Morgan fingerprint density at radius 2 is 2.05 bits per heavy atom. The number of nitrogens with zero attached hydrogens (tertiary/aromatic N) is 8. The average Bonchev–Trinajstić information content (AvgIpc) is 3.79. The third-order valence-corrected chi connectivity index (χ3v) is 8.33. The van der Waals surface area contributed by atoms with Crippen LogP contribution in [0.2, 0.25) is 5.02 Å². The van der Waals surface area contributed by atoms with Gasteiger partial charge in [-0.25, -0.2) is 6.57 Å². The van der Waals surface area contributed by atoms with Crippen molar-refractivity contribution in [2.45, 2.75) is 38.0 Å². The minimum atomic E-state index is -4.66. The number of rotatable bonds is 10. The molecule has 1 atom stereocenters. The number of piperazine rings is 1. The quantitative estimate of drug-likeness (QED) is 0.293. The van der Waals surface area contributed by atoms with Gasteiger partial charge in [0, 0.05) is 51.0 Å². The minimum absolute atomic E-state index is 0.0777. The van der Waals surface area contributed by atoms with E-state index < -0.39 is 16.8 Å². The normalized spacial score (nSPS) is 18.8. The number of ether oxygens (including phenoxy) is 1. The second-order valence-electron chi connectivity index (χ2n) is 11.2. The molecule has 14 heteroatoms. The van der Waals surface area contributed by atoms with Gasteiger partial charge in [-0.15, -0.1) is 0 Å². The van der Waals surface area contributed by atoms with Gasteiger partial charge < -0.3 is 29.2 Å². The second kappa shape index (κ2) is 12.9. The van der Waals surface area contributed by atoms with Crippen LogP contribution in [0.4, 0.5) is 24.7 Å². The highest BCUT2D eigenvalue weighted by atomic mass is 35.5. The number of anilines is 2. The predicted molar refractivity (Wildman–Crippen MR) is 156 cm³/mol. The summed E-state index contributed by atoms with van der Waals surface area (Å²) in [4.78, 5) is 36.8. The standard InChI is InChI=1S/C29H34ClF3N8O2/c1-4-25(42)41-10-9-40(17-20(41)13-34-2)27-21-7-8-39(24-15-35-14-22(30)26(24)29(31,32)33)18-23(21)36-28(37-27)43-12-11-38(3)16-19-5-6-19/h4,14-15,19-20H,1,5-13,16-18H2,3H3/t20-/m0/s1. The molecule has 10 nitrogen and oxygen atoms in total. The largest absolute Gasteiger partial charge is 0.462 e. The predicted octanol–water partition coefficient (Wildman–Crippen LogP) is 3.95. The van der Waals surface area contributed by atoms with E-state index in [1.165, 1.54) is 25.1 Å². The first kappa shape index (κ1) is 30.8. The van der Waals surface area contributed by atoms with Crippen LogP contribution >= 0.6 is 11.6 Å². The summed E-state index contributed by atoms with van der Waals surface area (Å²) in [6.07, 6.45) is 1.63. The Labute approximate surface area is 253 Å². The van der Waals surface area contributed by atoms with E-state index in [1.807, 2.05) is 11.9 Å². The zero-order chi connectivity index (χ0) is 30.7. The highest BCUT2D eigenvalue weighted by molar-refractivity contribution is 6.31. The Hall–Kier alpha value is -3.63. The molecule has 1 amide bonds. The molecule has 0 bridgehead atoms. The molecular formula is C29H34ClF3N8O2. The summed E-state index contributed by atoms with van der Waals surface area (Å²) >= 11 is 5.97. The van der Waals surface area contributed by atoms with Gasteiger partial charge in [0.25, 0.3) is 0 Å². The number of fused-ring (bicyclic) bond motifs is 1. The molecule has 2 fully saturated rings. The fourth-order valence-electron chi connectivity index (χ4n) is 5.71. The van der Waals surface area contributed by atoms with Crippen LogP contribution in [0.25, 0.3) is 4.85 Å². The monoisotopic (exact) mass is 618 g/mol. The zero-order valence-corrected chi connectivity index (χ0v) is 24.7. The maximum Gasteiger partial charge on any atom is 0.419 e. The van der Waals surface area contributed by atoms with Crippen molar-refractivity contribution >= 4 is 29.0 Å². The van der Waals surface area contributed by atoms with E-state index >= 15 is 0 Å². The lowest BCUT2D eigenvalue weighted by atomic mass is 10.0. The van der Waals surface area contributed by atoms with Gasteiger partial charge in [-0.05, 0) is 38.3 Å². The molecule has 0 spiro atoms. The molecule has 230 valence electrons. The lowest BCUT2D eigenvalue weighted by molar-refractivity contribution is -0.137. The number of hydrogen-bond acceptors (Lipinski definition) is 8. The van der Waals surface area contributed by atoms with Crippen LogP contribution in [-0.4, -0.2) is 96.2 Å². The van der Waals surface area contributed by atoms with Crippen LogP contribution in [0.1, 0.15) is 29.7 Å².